The third-order valence-electron chi connectivity index (χ3n) is 3.07. The van der Waals surface area contributed by atoms with Gasteiger partial charge in [-0.2, -0.15) is 0 Å². The summed E-state index contributed by atoms with van der Waals surface area (Å²) in [6.07, 6.45) is 0.651. The second kappa shape index (κ2) is 5.69. The van der Waals surface area contributed by atoms with E-state index < -0.39 is 9.84 Å². The third kappa shape index (κ3) is 3.53. The molecule has 1 aromatic rings. The largest absolute Gasteiger partial charge is 0.493 e. The molecular weight excluding hydrogens is 266 g/mol. The fraction of sp³-hybridized carbons (Fsp3) is 0.538. The quantitative estimate of drug-likeness (QED) is 0.892. The zero-order valence-corrected chi connectivity index (χ0v) is 12.0. The van der Waals surface area contributed by atoms with Crippen molar-refractivity contribution in [2.45, 2.75) is 19.4 Å². The molecule has 1 N–H and O–H groups in total. The molecule has 1 aromatic carbocycles. The number of nitrogens with one attached hydrogen (secondary N) is 1. The molecule has 1 unspecified atom stereocenters. The van der Waals surface area contributed by atoms with Gasteiger partial charge in [0.1, 0.15) is 0 Å². The zero-order chi connectivity index (χ0) is 13.9. The SMILES string of the molecule is CCOc1cc(NC2CCS(=O)(=O)C2)ccc1OC. The Morgan fingerprint density at radius 3 is 2.74 bits per heavy atom. The summed E-state index contributed by atoms with van der Waals surface area (Å²) in [4.78, 5) is 0. The van der Waals surface area contributed by atoms with Crippen molar-refractivity contribution in [1.82, 2.24) is 0 Å². The maximum absolute atomic E-state index is 11.4. The second-order valence-corrected chi connectivity index (χ2v) is 6.77. The summed E-state index contributed by atoms with van der Waals surface area (Å²) in [7, 11) is -1.28. The van der Waals surface area contributed by atoms with Gasteiger partial charge < -0.3 is 14.8 Å². The normalized spacial score (nSPS) is 21.1. The maximum atomic E-state index is 11.4. The highest BCUT2D eigenvalue weighted by molar-refractivity contribution is 7.91. The van der Waals surface area contributed by atoms with Crippen molar-refractivity contribution >= 4 is 15.5 Å². The number of anilines is 1. The highest BCUT2D eigenvalue weighted by Crippen LogP contribution is 2.31. The van der Waals surface area contributed by atoms with Gasteiger partial charge in [-0.3, -0.25) is 0 Å². The van der Waals surface area contributed by atoms with Crippen LogP contribution in [0.4, 0.5) is 5.69 Å². The molecule has 0 radical (unpaired) electrons. The average Bonchev–Trinajstić information content (AvgIpc) is 2.69. The molecule has 5 nitrogen and oxygen atoms in total. The van der Waals surface area contributed by atoms with Crippen molar-refractivity contribution in [3.63, 3.8) is 0 Å². The summed E-state index contributed by atoms with van der Waals surface area (Å²) in [6.45, 7) is 2.46. The third-order valence-corrected chi connectivity index (χ3v) is 4.83. The Morgan fingerprint density at radius 2 is 2.16 bits per heavy atom. The summed E-state index contributed by atoms with van der Waals surface area (Å²) < 4.78 is 33.5. The van der Waals surface area contributed by atoms with Gasteiger partial charge in [-0.1, -0.05) is 0 Å². The van der Waals surface area contributed by atoms with Gasteiger partial charge in [0.05, 0.1) is 25.2 Å². The number of benzene rings is 1. The molecule has 1 atom stereocenters. The van der Waals surface area contributed by atoms with E-state index in [-0.39, 0.29) is 17.5 Å². The Balaban J connectivity index is 2.11. The van der Waals surface area contributed by atoms with Crippen molar-refractivity contribution in [3.05, 3.63) is 18.2 Å². The van der Waals surface area contributed by atoms with E-state index in [0.717, 1.165) is 5.69 Å². The lowest BCUT2D eigenvalue weighted by molar-refractivity contribution is 0.311. The smallest absolute Gasteiger partial charge is 0.163 e. The maximum Gasteiger partial charge on any atom is 0.163 e. The molecule has 1 aliphatic heterocycles. The van der Waals surface area contributed by atoms with Crippen LogP contribution in [-0.2, 0) is 9.84 Å². The first-order valence-electron chi connectivity index (χ1n) is 6.32. The van der Waals surface area contributed by atoms with E-state index >= 15 is 0 Å². The highest BCUT2D eigenvalue weighted by atomic mass is 32.2. The molecule has 106 valence electrons. The zero-order valence-electron chi connectivity index (χ0n) is 11.2. The summed E-state index contributed by atoms with van der Waals surface area (Å²) in [5, 5.41) is 3.23. The monoisotopic (exact) mass is 285 g/mol. The Labute approximate surface area is 113 Å². The van der Waals surface area contributed by atoms with Crippen molar-refractivity contribution < 1.29 is 17.9 Å². The minimum atomic E-state index is -2.87. The molecule has 0 amide bonds. The van der Waals surface area contributed by atoms with Gasteiger partial charge in [0.15, 0.2) is 21.3 Å². The average molecular weight is 285 g/mol. The van der Waals surface area contributed by atoms with E-state index in [4.69, 9.17) is 9.47 Å². The molecule has 1 aliphatic rings. The lowest BCUT2D eigenvalue weighted by Crippen LogP contribution is -2.20. The van der Waals surface area contributed by atoms with E-state index in [0.29, 0.717) is 24.5 Å². The van der Waals surface area contributed by atoms with Crippen LogP contribution in [0.25, 0.3) is 0 Å². The lowest BCUT2D eigenvalue weighted by atomic mass is 10.2. The molecule has 19 heavy (non-hydrogen) atoms. The van der Waals surface area contributed by atoms with Gasteiger partial charge in [0.2, 0.25) is 0 Å². The van der Waals surface area contributed by atoms with Crippen LogP contribution in [0.5, 0.6) is 11.5 Å². The first-order valence-corrected chi connectivity index (χ1v) is 8.14. The van der Waals surface area contributed by atoms with Crippen molar-refractivity contribution in [1.29, 1.82) is 0 Å². The van der Waals surface area contributed by atoms with Crippen LogP contribution in [0.2, 0.25) is 0 Å². The van der Waals surface area contributed by atoms with Crippen LogP contribution in [-0.4, -0.2) is 39.7 Å². The Hall–Kier alpha value is -1.43. The predicted octanol–water partition coefficient (Wildman–Crippen LogP) is 1.69. The molecule has 1 saturated heterocycles. The number of sulfone groups is 1. The molecule has 0 aromatic heterocycles. The first kappa shape index (κ1) is 14.0. The van der Waals surface area contributed by atoms with Crippen molar-refractivity contribution in [2.75, 3.05) is 30.5 Å². The van der Waals surface area contributed by atoms with Crippen molar-refractivity contribution in [3.8, 4) is 11.5 Å². The van der Waals surface area contributed by atoms with E-state index in [1.54, 1.807) is 7.11 Å². The fourth-order valence-electron chi connectivity index (χ4n) is 2.18. The fourth-order valence-corrected chi connectivity index (χ4v) is 3.85. The minimum absolute atomic E-state index is 0.0205. The number of ether oxygens (including phenoxy) is 2. The predicted molar refractivity (Wildman–Crippen MR) is 74.8 cm³/mol. The van der Waals surface area contributed by atoms with E-state index in [1.807, 2.05) is 25.1 Å². The van der Waals surface area contributed by atoms with Gasteiger partial charge >= 0.3 is 0 Å². The van der Waals surface area contributed by atoms with Crippen LogP contribution in [0.1, 0.15) is 13.3 Å². The van der Waals surface area contributed by atoms with Gasteiger partial charge in [0, 0.05) is 17.8 Å². The summed E-state index contributed by atoms with van der Waals surface area (Å²) in [6, 6.07) is 5.50. The van der Waals surface area contributed by atoms with Gasteiger partial charge in [0.25, 0.3) is 0 Å². The minimum Gasteiger partial charge on any atom is -0.493 e. The van der Waals surface area contributed by atoms with Crippen LogP contribution < -0.4 is 14.8 Å². The Bertz CT molecular complexity index is 542. The standard InChI is InChI=1S/C13H19NO4S/c1-3-18-13-8-10(4-5-12(13)17-2)14-11-6-7-19(15,16)9-11/h4-5,8,11,14H,3,6-7,9H2,1-2H3. The summed E-state index contributed by atoms with van der Waals surface area (Å²) in [5.41, 5.74) is 0.853. The summed E-state index contributed by atoms with van der Waals surface area (Å²) in [5.74, 6) is 1.80. The van der Waals surface area contributed by atoms with Gasteiger partial charge in [-0.05, 0) is 25.5 Å². The Kier molecular flexibility index (Phi) is 4.19. The topological polar surface area (TPSA) is 64.6 Å². The molecule has 6 heteroatoms. The van der Waals surface area contributed by atoms with Crippen molar-refractivity contribution in [2.24, 2.45) is 0 Å². The molecular formula is C13H19NO4S. The molecule has 2 rings (SSSR count). The number of hydrogen-bond donors (Lipinski definition) is 1. The van der Waals surface area contributed by atoms with Gasteiger partial charge in [-0.15, -0.1) is 0 Å². The van der Waals surface area contributed by atoms with Crippen LogP contribution in [0.15, 0.2) is 18.2 Å². The molecule has 0 aliphatic carbocycles. The molecule has 1 fully saturated rings. The van der Waals surface area contributed by atoms with E-state index in [2.05, 4.69) is 5.32 Å². The van der Waals surface area contributed by atoms with Crippen LogP contribution >= 0.6 is 0 Å². The summed E-state index contributed by atoms with van der Waals surface area (Å²) >= 11 is 0. The number of methoxy groups -OCH3 is 1. The molecule has 0 saturated carbocycles. The van der Waals surface area contributed by atoms with E-state index in [9.17, 15) is 8.42 Å². The van der Waals surface area contributed by atoms with Gasteiger partial charge in [-0.25, -0.2) is 8.42 Å². The lowest BCUT2D eigenvalue weighted by Gasteiger charge is -2.15. The highest BCUT2D eigenvalue weighted by Gasteiger charge is 2.27. The molecule has 0 bridgehead atoms. The second-order valence-electron chi connectivity index (χ2n) is 4.54. The Morgan fingerprint density at radius 1 is 1.37 bits per heavy atom. The van der Waals surface area contributed by atoms with Crippen LogP contribution in [0.3, 0.4) is 0 Å². The molecule has 1 heterocycles. The number of hydrogen-bond acceptors (Lipinski definition) is 5. The molecule has 0 spiro atoms. The van der Waals surface area contributed by atoms with Crippen LogP contribution in [0, 0.1) is 0 Å². The number of rotatable bonds is 5. The van der Waals surface area contributed by atoms with E-state index in [1.165, 1.54) is 0 Å². The first-order chi connectivity index (χ1) is 9.04.